The molecule has 2 rings (SSSR count). The fourth-order valence-electron chi connectivity index (χ4n) is 1.52. The minimum Gasteiger partial charge on any atom is -0.478 e. The van der Waals surface area contributed by atoms with E-state index in [1.54, 1.807) is 12.1 Å². The molecule has 5 nitrogen and oxygen atoms in total. The second-order valence-electron chi connectivity index (χ2n) is 3.78. The normalized spacial score (nSPS) is 10.1. The minimum absolute atomic E-state index is 0.0285. The summed E-state index contributed by atoms with van der Waals surface area (Å²) in [4.78, 5) is 27.1. The quantitative estimate of drug-likeness (QED) is 0.708. The highest BCUT2D eigenvalue weighted by Gasteiger charge is 2.16. The van der Waals surface area contributed by atoms with Crippen LogP contribution in [-0.2, 0) is 0 Å². The third kappa shape index (κ3) is 3.34. The number of amides is 1. The van der Waals surface area contributed by atoms with Gasteiger partial charge in [0, 0.05) is 14.2 Å². The fraction of sp³-hybridized carbons (Fsp3) is 0. The van der Waals surface area contributed by atoms with Crippen LogP contribution in [0.1, 0.15) is 20.7 Å². The van der Waals surface area contributed by atoms with Crippen LogP contribution in [-0.4, -0.2) is 22.0 Å². The van der Waals surface area contributed by atoms with Crippen LogP contribution in [0.15, 0.2) is 41.0 Å². The second kappa shape index (κ2) is 6.31. The van der Waals surface area contributed by atoms with Crippen molar-refractivity contribution in [1.29, 1.82) is 0 Å². The predicted molar refractivity (Wildman–Crippen MR) is 86.0 cm³/mol. The van der Waals surface area contributed by atoms with E-state index in [4.69, 9.17) is 5.11 Å². The highest BCUT2D eigenvalue weighted by Crippen LogP contribution is 2.20. The van der Waals surface area contributed by atoms with E-state index in [0.717, 1.165) is 8.04 Å². The molecule has 102 valence electrons. The zero-order valence-corrected chi connectivity index (χ0v) is 13.7. The van der Waals surface area contributed by atoms with E-state index < -0.39 is 11.9 Å². The molecule has 2 aromatic rings. The molecule has 0 saturated carbocycles. The Kier molecular flexibility index (Phi) is 4.71. The van der Waals surface area contributed by atoms with Crippen LogP contribution in [0.2, 0.25) is 0 Å². The van der Waals surface area contributed by atoms with E-state index in [9.17, 15) is 9.59 Å². The molecule has 0 fully saturated rings. The van der Waals surface area contributed by atoms with Crippen LogP contribution in [0, 0.1) is 3.57 Å². The number of nitrogens with one attached hydrogen (secondary N) is 1. The smallest absolute Gasteiger partial charge is 0.339 e. The molecule has 0 radical (unpaired) electrons. The Morgan fingerprint density at radius 3 is 2.70 bits per heavy atom. The lowest BCUT2D eigenvalue weighted by Crippen LogP contribution is -2.17. The Balaban J connectivity index is 2.33. The van der Waals surface area contributed by atoms with Crippen LogP contribution in [0.25, 0.3) is 0 Å². The van der Waals surface area contributed by atoms with Gasteiger partial charge in [0.2, 0.25) is 0 Å². The third-order valence-electron chi connectivity index (χ3n) is 2.44. The number of aromatic carboxylic acids is 1. The Labute approximate surface area is 136 Å². The maximum Gasteiger partial charge on any atom is 0.339 e. The van der Waals surface area contributed by atoms with Gasteiger partial charge in [0.05, 0.1) is 5.56 Å². The zero-order valence-electron chi connectivity index (χ0n) is 9.93. The summed E-state index contributed by atoms with van der Waals surface area (Å²) in [6.07, 6.45) is 1.42. The molecule has 0 aliphatic heterocycles. The highest BCUT2D eigenvalue weighted by molar-refractivity contribution is 14.1. The molecule has 0 unspecified atom stereocenters. The highest BCUT2D eigenvalue weighted by atomic mass is 127. The largest absolute Gasteiger partial charge is 0.478 e. The van der Waals surface area contributed by atoms with Gasteiger partial charge in [-0.1, -0.05) is 15.9 Å². The van der Waals surface area contributed by atoms with E-state index in [-0.39, 0.29) is 11.4 Å². The molecular weight excluding hydrogens is 439 g/mol. The summed E-state index contributed by atoms with van der Waals surface area (Å²) in [5, 5.41) is 11.6. The monoisotopic (exact) mass is 446 g/mol. The van der Waals surface area contributed by atoms with E-state index in [1.807, 2.05) is 28.7 Å². The number of carboxylic acid groups (broad SMARTS) is 1. The zero-order chi connectivity index (χ0) is 14.7. The molecule has 0 bridgehead atoms. The van der Waals surface area contributed by atoms with E-state index >= 15 is 0 Å². The number of hydrogen-bond acceptors (Lipinski definition) is 3. The SMILES string of the molecule is O=C(Nc1ncccc1C(=O)O)c1cc(Br)ccc1I. The molecule has 0 aliphatic rings. The second-order valence-corrected chi connectivity index (χ2v) is 5.86. The Hall–Kier alpha value is -1.48. The van der Waals surface area contributed by atoms with Crippen molar-refractivity contribution in [3.05, 3.63) is 55.7 Å². The lowest BCUT2D eigenvalue weighted by atomic mass is 10.2. The standard InChI is InChI=1S/C13H8BrIN2O3/c14-7-3-4-10(15)9(6-7)12(18)17-11-8(13(19)20)2-1-5-16-11/h1-6H,(H,19,20)(H,16,17,18). The average Bonchev–Trinajstić information content (AvgIpc) is 2.41. The summed E-state index contributed by atoms with van der Waals surface area (Å²) in [6.45, 7) is 0. The van der Waals surface area contributed by atoms with Gasteiger partial charge >= 0.3 is 5.97 Å². The van der Waals surface area contributed by atoms with E-state index in [0.29, 0.717) is 5.56 Å². The van der Waals surface area contributed by atoms with Gasteiger partial charge in [0.15, 0.2) is 0 Å². The molecule has 1 aromatic heterocycles. The van der Waals surface area contributed by atoms with Crippen molar-refractivity contribution in [2.45, 2.75) is 0 Å². The lowest BCUT2D eigenvalue weighted by Gasteiger charge is -2.08. The summed E-state index contributed by atoms with van der Waals surface area (Å²) in [5.74, 6) is -1.52. The van der Waals surface area contributed by atoms with Gasteiger partial charge in [-0.3, -0.25) is 4.79 Å². The predicted octanol–water partition coefficient (Wildman–Crippen LogP) is 3.40. The molecule has 1 aromatic carbocycles. The summed E-state index contributed by atoms with van der Waals surface area (Å²) in [5.41, 5.74) is 0.396. The van der Waals surface area contributed by atoms with E-state index in [1.165, 1.54) is 18.3 Å². The minimum atomic E-state index is -1.14. The molecule has 2 N–H and O–H groups in total. The number of benzene rings is 1. The van der Waals surface area contributed by atoms with Crippen LogP contribution >= 0.6 is 38.5 Å². The van der Waals surface area contributed by atoms with E-state index in [2.05, 4.69) is 26.2 Å². The van der Waals surface area contributed by atoms with Gasteiger partial charge in [-0.15, -0.1) is 0 Å². The fourth-order valence-corrected chi connectivity index (χ4v) is 2.47. The number of nitrogens with zero attached hydrogens (tertiary/aromatic N) is 1. The van der Waals surface area contributed by atoms with Gasteiger partial charge in [0.1, 0.15) is 11.4 Å². The molecular formula is C13H8BrIN2O3. The Bertz CT molecular complexity index is 691. The Morgan fingerprint density at radius 1 is 1.25 bits per heavy atom. The molecule has 0 atom stereocenters. The van der Waals surface area contributed by atoms with Crippen molar-refractivity contribution >= 4 is 56.2 Å². The topological polar surface area (TPSA) is 79.3 Å². The van der Waals surface area contributed by atoms with Crippen LogP contribution in [0.5, 0.6) is 0 Å². The van der Waals surface area contributed by atoms with Crippen molar-refractivity contribution in [3.8, 4) is 0 Å². The van der Waals surface area contributed by atoms with Crippen LogP contribution in [0.3, 0.4) is 0 Å². The first-order valence-corrected chi connectivity index (χ1v) is 7.31. The average molecular weight is 447 g/mol. The summed E-state index contributed by atoms with van der Waals surface area (Å²) < 4.78 is 1.53. The molecule has 0 saturated heterocycles. The first kappa shape index (κ1) is 14.9. The third-order valence-corrected chi connectivity index (χ3v) is 3.88. The molecule has 1 amide bonds. The number of rotatable bonds is 3. The number of halogens is 2. The molecule has 20 heavy (non-hydrogen) atoms. The van der Waals surface area contributed by atoms with Gasteiger partial charge in [0.25, 0.3) is 5.91 Å². The first-order chi connectivity index (χ1) is 9.49. The van der Waals surface area contributed by atoms with Gasteiger partial charge in [-0.2, -0.15) is 0 Å². The molecule has 7 heteroatoms. The van der Waals surface area contributed by atoms with Crippen molar-refractivity contribution in [1.82, 2.24) is 4.98 Å². The van der Waals surface area contributed by atoms with Gasteiger partial charge < -0.3 is 10.4 Å². The lowest BCUT2D eigenvalue weighted by molar-refractivity contribution is 0.0697. The summed E-state index contributed by atoms with van der Waals surface area (Å²) in [7, 11) is 0. The Morgan fingerprint density at radius 2 is 2.00 bits per heavy atom. The maximum absolute atomic E-state index is 12.2. The molecule has 0 spiro atoms. The molecule has 1 heterocycles. The maximum atomic E-state index is 12.2. The van der Waals surface area contributed by atoms with Gasteiger partial charge in [-0.05, 0) is 52.9 Å². The van der Waals surface area contributed by atoms with Crippen molar-refractivity contribution < 1.29 is 14.7 Å². The number of carbonyl (C=O) groups excluding carboxylic acids is 1. The number of aromatic nitrogens is 1. The number of pyridine rings is 1. The number of hydrogen-bond donors (Lipinski definition) is 2. The first-order valence-electron chi connectivity index (χ1n) is 5.44. The van der Waals surface area contributed by atoms with Crippen molar-refractivity contribution in [3.63, 3.8) is 0 Å². The van der Waals surface area contributed by atoms with Gasteiger partial charge in [-0.25, -0.2) is 9.78 Å². The van der Waals surface area contributed by atoms with Crippen molar-refractivity contribution in [2.75, 3.05) is 5.32 Å². The van der Waals surface area contributed by atoms with Crippen LogP contribution in [0.4, 0.5) is 5.82 Å². The number of anilines is 1. The van der Waals surface area contributed by atoms with Crippen molar-refractivity contribution in [2.24, 2.45) is 0 Å². The van der Waals surface area contributed by atoms with Crippen LogP contribution < -0.4 is 5.32 Å². The molecule has 0 aliphatic carbocycles. The number of carboxylic acids is 1. The summed E-state index contributed by atoms with van der Waals surface area (Å²) >= 11 is 5.33. The summed E-state index contributed by atoms with van der Waals surface area (Å²) in [6, 6.07) is 8.16. The number of carbonyl (C=O) groups is 2.